The number of rotatable bonds is 4. The van der Waals surface area contributed by atoms with Crippen molar-refractivity contribution in [2.24, 2.45) is 7.05 Å². The van der Waals surface area contributed by atoms with Crippen LogP contribution in [0, 0.1) is 0 Å². The maximum Gasteiger partial charge on any atom is 0.326 e. The van der Waals surface area contributed by atoms with Crippen LogP contribution in [0.25, 0.3) is 10.9 Å². The number of carbonyl (C=O) groups excluding carboxylic acids is 1. The highest BCUT2D eigenvalue weighted by Crippen LogP contribution is 2.20. The largest absolute Gasteiger partial charge is 0.480 e. The summed E-state index contributed by atoms with van der Waals surface area (Å²) in [6.07, 6.45) is 2.07. The number of hydrogen-bond donors (Lipinski definition) is 2. The van der Waals surface area contributed by atoms with Crippen LogP contribution < -0.4 is 5.32 Å². The Balaban J connectivity index is 2.34. The van der Waals surface area contributed by atoms with Crippen LogP contribution in [0.1, 0.15) is 23.7 Å². The van der Waals surface area contributed by atoms with Crippen molar-refractivity contribution in [2.75, 3.05) is 0 Å². The summed E-state index contributed by atoms with van der Waals surface area (Å²) in [5.41, 5.74) is 1.44. The number of aryl methyl sites for hydroxylation is 1. The highest BCUT2D eigenvalue weighted by molar-refractivity contribution is 6.07. The molecule has 5 nitrogen and oxygen atoms in total. The number of aliphatic carboxylic acids is 1. The third kappa shape index (κ3) is 2.45. The van der Waals surface area contributed by atoms with E-state index in [9.17, 15) is 9.59 Å². The first kappa shape index (κ1) is 13.1. The predicted molar refractivity (Wildman–Crippen MR) is 72.1 cm³/mol. The van der Waals surface area contributed by atoms with E-state index >= 15 is 0 Å². The van der Waals surface area contributed by atoms with Gasteiger partial charge in [-0.05, 0) is 12.5 Å². The van der Waals surface area contributed by atoms with Gasteiger partial charge in [-0.25, -0.2) is 4.79 Å². The highest BCUT2D eigenvalue weighted by Gasteiger charge is 2.20. The van der Waals surface area contributed by atoms with Gasteiger partial charge < -0.3 is 15.0 Å². The molecule has 0 saturated heterocycles. The molecule has 0 saturated carbocycles. The van der Waals surface area contributed by atoms with Crippen molar-refractivity contribution in [3.8, 4) is 0 Å². The molecule has 2 aromatic rings. The molecule has 2 N–H and O–H groups in total. The van der Waals surface area contributed by atoms with Gasteiger partial charge in [-0.1, -0.05) is 25.1 Å². The Labute approximate surface area is 110 Å². The lowest BCUT2D eigenvalue weighted by molar-refractivity contribution is -0.139. The van der Waals surface area contributed by atoms with Crippen LogP contribution in [-0.2, 0) is 11.8 Å². The van der Waals surface area contributed by atoms with Crippen LogP contribution in [0.2, 0.25) is 0 Å². The van der Waals surface area contributed by atoms with Crippen molar-refractivity contribution in [2.45, 2.75) is 19.4 Å². The summed E-state index contributed by atoms with van der Waals surface area (Å²) in [5.74, 6) is -1.37. The Morgan fingerprint density at radius 1 is 1.37 bits per heavy atom. The monoisotopic (exact) mass is 260 g/mol. The van der Waals surface area contributed by atoms with Gasteiger partial charge in [-0.2, -0.15) is 0 Å². The molecular formula is C14H16N2O3. The lowest BCUT2D eigenvalue weighted by atomic mass is 10.1. The van der Waals surface area contributed by atoms with Gasteiger partial charge in [0.05, 0.1) is 5.56 Å². The number of carbonyl (C=O) groups is 2. The number of amides is 1. The Morgan fingerprint density at radius 2 is 2.05 bits per heavy atom. The Bertz CT molecular complexity index is 631. The number of para-hydroxylation sites is 1. The first-order valence-electron chi connectivity index (χ1n) is 6.12. The smallest absolute Gasteiger partial charge is 0.326 e. The summed E-state index contributed by atoms with van der Waals surface area (Å²) in [4.78, 5) is 23.1. The number of aromatic nitrogens is 1. The molecule has 1 atom stereocenters. The summed E-state index contributed by atoms with van der Waals surface area (Å²) >= 11 is 0. The van der Waals surface area contributed by atoms with Gasteiger partial charge in [0.25, 0.3) is 5.91 Å². The van der Waals surface area contributed by atoms with Crippen LogP contribution in [0.3, 0.4) is 0 Å². The molecule has 1 aromatic heterocycles. The van der Waals surface area contributed by atoms with E-state index in [4.69, 9.17) is 5.11 Å². The van der Waals surface area contributed by atoms with E-state index in [1.165, 1.54) is 0 Å². The van der Waals surface area contributed by atoms with E-state index in [-0.39, 0.29) is 5.91 Å². The molecule has 1 heterocycles. The fraction of sp³-hybridized carbons (Fsp3) is 0.286. The topological polar surface area (TPSA) is 71.3 Å². The highest BCUT2D eigenvalue weighted by atomic mass is 16.4. The number of carboxylic acids is 1. The number of benzene rings is 1. The lowest BCUT2D eigenvalue weighted by Crippen LogP contribution is -2.40. The first-order chi connectivity index (χ1) is 9.04. The van der Waals surface area contributed by atoms with Crippen LogP contribution in [0.15, 0.2) is 30.5 Å². The fourth-order valence-corrected chi connectivity index (χ4v) is 2.10. The zero-order valence-electron chi connectivity index (χ0n) is 10.9. The summed E-state index contributed by atoms with van der Waals surface area (Å²) in [6, 6.07) is 6.67. The third-order valence-corrected chi connectivity index (χ3v) is 3.15. The molecule has 1 amide bonds. The lowest BCUT2D eigenvalue weighted by Gasteiger charge is -2.11. The standard InChI is InChI=1S/C14H16N2O3/c1-3-11(14(18)19)15-13(17)10-8-16(2)12-7-5-4-6-9(10)12/h4-8,11H,3H2,1-2H3,(H,15,17)(H,18,19). The van der Waals surface area contributed by atoms with Crippen molar-refractivity contribution in [3.05, 3.63) is 36.0 Å². The van der Waals surface area contributed by atoms with Crippen molar-refractivity contribution in [1.29, 1.82) is 0 Å². The fourth-order valence-electron chi connectivity index (χ4n) is 2.10. The molecule has 0 aliphatic heterocycles. The van der Waals surface area contributed by atoms with Gasteiger partial charge >= 0.3 is 5.97 Å². The van der Waals surface area contributed by atoms with Gasteiger partial charge in [0.15, 0.2) is 0 Å². The molecule has 1 unspecified atom stereocenters. The summed E-state index contributed by atoms with van der Waals surface area (Å²) in [5, 5.41) is 12.3. The van der Waals surface area contributed by atoms with Crippen LogP contribution >= 0.6 is 0 Å². The maximum atomic E-state index is 12.2. The molecule has 19 heavy (non-hydrogen) atoms. The van der Waals surface area contributed by atoms with E-state index in [2.05, 4.69) is 5.32 Å². The SMILES string of the molecule is CCC(NC(=O)c1cn(C)c2ccccc12)C(=O)O. The van der Waals surface area contributed by atoms with Crippen LogP contribution in [-0.4, -0.2) is 27.6 Å². The number of nitrogens with zero attached hydrogens (tertiary/aromatic N) is 1. The first-order valence-corrected chi connectivity index (χ1v) is 6.12. The van der Waals surface area contributed by atoms with E-state index in [0.29, 0.717) is 12.0 Å². The van der Waals surface area contributed by atoms with Crippen molar-refractivity contribution < 1.29 is 14.7 Å². The average Bonchev–Trinajstić information content (AvgIpc) is 2.73. The van der Waals surface area contributed by atoms with Crippen LogP contribution in [0.5, 0.6) is 0 Å². The molecule has 2 rings (SSSR count). The molecular weight excluding hydrogens is 244 g/mol. The molecule has 100 valence electrons. The maximum absolute atomic E-state index is 12.2. The molecule has 0 radical (unpaired) electrons. The zero-order valence-corrected chi connectivity index (χ0v) is 10.9. The number of fused-ring (bicyclic) bond motifs is 1. The summed E-state index contributed by atoms with van der Waals surface area (Å²) in [6.45, 7) is 1.72. The van der Waals surface area contributed by atoms with Crippen molar-refractivity contribution >= 4 is 22.8 Å². The van der Waals surface area contributed by atoms with E-state index in [1.807, 2.05) is 35.9 Å². The second-order valence-electron chi connectivity index (χ2n) is 4.44. The third-order valence-electron chi connectivity index (χ3n) is 3.15. The molecule has 5 heteroatoms. The van der Waals surface area contributed by atoms with Gasteiger partial charge in [-0.3, -0.25) is 4.79 Å². The minimum absolute atomic E-state index is 0.353. The van der Waals surface area contributed by atoms with Gasteiger partial charge in [0, 0.05) is 24.1 Å². The molecule has 0 aliphatic carbocycles. The van der Waals surface area contributed by atoms with Crippen molar-refractivity contribution in [3.63, 3.8) is 0 Å². The number of nitrogens with one attached hydrogen (secondary N) is 1. The number of carboxylic acid groups (broad SMARTS) is 1. The Morgan fingerprint density at radius 3 is 2.68 bits per heavy atom. The second kappa shape index (κ2) is 5.14. The quantitative estimate of drug-likeness (QED) is 0.880. The van der Waals surface area contributed by atoms with Gasteiger partial charge in [0.1, 0.15) is 6.04 Å². The Kier molecular flexibility index (Phi) is 3.55. The minimum Gasteiger partial charge on any atom is -0.480 e. The molecule has 0 aliphatic rings. The molecule has 0 bridgehead atoms. The average molecular weight is 260 g/mol. The van der Waals surface area contributed by atoms with Crippen molar-refractivity contribution in [1.82, 2.24) is 9.88 Å². The minimum atomic E-state index is -1.02. The van der Waals surface area contributed by atoms with Crippen LogP contribution in [0.4, 0.5) is 0 Å². The van der Waals surface area contributed by atoms with E-state index in [1.54, 1.807) is 13.1 Å². The van der Waals surface area contributed by atoms with E-state index < -0.39 is 12.0 Å². The van der Waals surface area contributed by atoms with E-state index in [0.717, 1.165) is 10.9 Å². The zero-order chi connectivity index (χ0) is 14.0. The number of hydrogen-bond acceptors (Lipinski definition) is 2. The predicted octanol–water partition coefficient (Wildman–Crippen LogP) is 1.77. The normalized spacial score (nSPS) is 12.3. The Hall–Kier alpha value is -2.30. The molecule has 0 spiro atoms. The van der Waals surface area contributed by atoms with Gasteiger partial charge in [-0.15, -0.1) is 0 Å². The summed E-state index contributed by atoms with van der Waals surface area (Å²) < 4.78 is 1.85. The molecule has 1 aromatic carbocycles. The summed E-state index contributed by atoms with van der Waals surface area (Å²) in [7, 11) is 1.85. The van der Waals surface area contributed by atoms with Gasteiger partial charge in [0.2, 0.25) is 0 Å². The molecule has 0 fully saturated rings. The second-order valence-corrected chi connectivity index (χ2v) is 4.44.